The third kappa shape index (κ3) is 2.59. The second-order valence-corrected chi connectivity index (χ2v) is 9.20. The lowest BCUT2D eigenvalue weighted by atomic mass is 9.77. The molecule has 2 amide bonds. The first-order valence-corrected chi connectivity index (χ1v) is 11.2. The van der Waals surface area contributed by atoms with E-state index >= 15 is 0 Å². The number of rotatable bonds is 5. The van der Waals surface area contributed by atoms with E-state index in [1.165, 1.54) is 23.8 Å². The minimum absolute atomic E-state index is 0.0577. The molecular weight excluding hydrogens is 378 g/mol. The number of ether oxygens (including phenoxy) is 1. The number of para-hydroxylation sites is 1. The number of aromatic amines is 1. The summed E-state index contributed by atoms with van der Waals surface area (Å²) in [6.07, 6.45) is 11.0. The van der Waals surface area contributed by atoms with Crippen molar-refractivity contribution in [1.82, 2.24) is 15.2 Å². The Kier molecular flexibility index (Phi) is 4.07. The molecule has 2 aromatic rings. The largest absolute Gasteiger partial charge is 0.361 e. The number of H-pyrrole nitrogens is 1. The average molecular weight is 405 g/mol. The number of nitrogens with zero attached hydrogens (tertiary/aromatic N) is 1. The molecule has 30 heavy (non-hydrogen) atoms. The van der Waals surface area contributed by atoms with Crippen molar-refractivity contribution in [2.75, 3.05) is 13.1 Å². The summed E-state index contributed by atoms with van der Waals surface area (Å²) in [6, 6.07) is 8.50. The van der Waals surface area contributed by atoms with Crippen LogP contribution < -0.4 is 5.32 Å². The number of benzene rings is 1. The fourth-order valence-electron chi connectivity index (χ4n) is 6.13. The van der Waals surface area contributed by atoms with Gasteiger partial charge >= 0.3 is 0 Å². The summed E-state index contributed by atoms with van der Waals surface area (Å²) in [6.45, 7) is 1.15. The number of likely N-dealkylation sites (tertiary alicyclic amines) is 1. The Morgan fingerprint density at radius 2 is 2.10 bits per heavy atom. The molecule has 3 aliphatic heterocycles. The normalized spacial score (nSPS) is 32.5. The van der Waals surface area contributed by atoms with Crippen LogP contribution in [0.5, 0.6) is 0 Å². The highest BCUT2D eigenvalue weighted by atomic mass is 16.5. The smallest absolute Gasteiger partial charge is 0.230 e. The summed E-state index contributed by atoms with van der Waals surface area (Å²) in [5.41, 5.74) is 1.70. The van der Waals surface area contributed by atoms with Crippen molar-refractivity contribution >= 4 is 22.7 Å². The number of hydrogen-bond donors (Lipinski definition) is 2. The minimum Gasteiger partial charge on any atom is -0.361 e. The fourth-order valence-corrected chi connectivity index (χ4v) is 6.13. The Morgan fingerprint density at radius 1 is 1.27 bits per heavy atom. The molecule has 4 atom stereocenters. The van der Waals surface area contributed by atoms with Crippen molar-refractivity contribution in [3.63, 3.8) is 0 Å². The summed E-state index contributed by atoms with van der Waals surface area (Å²) >= 11 is 0. The summed E-state index contributed by atoms with van der Waals surface area (Å²) in [4.78, 5) is 31.7. The van der Waals surface area contributed by atoms with Crippen LogP contribution >= 0.6 is 0 Å². The number of carbonyl (C=O) groups excluding carboxylic acids is 2. The standard InChI is InChI=1S/C24H27N3O3/c28-22(25-12-10-15-13-26-18-8-4-3-7-17(15)18)20-19-9-11-24(30-19)14-27(23(29)21(20)24)16-5-1-2-6-16/h3-4,7-9,11,13,16,19-21,26H,1-2,5-6,10,12,14H2,(H,25,28)/t19-,20-,21-,24-/m0/s1. The van der Waals surface area contributed by atoms with Crippen LogP contribution in [0.2, 0.25) is 0 Å². The quantitative estimate of drug-likeness (QED) is 0.751. The predicted molar refractivity (Wildman–Crippen MR) is 113 cm³/mol. The topological polar surface area (TPSA) is 74.4 Å². The van der Waals surface area contributed by atoms with E-state index in [0.717, 1.165) is 24.8 Å². The van der Waals surface area contributed by atoms with E-state index in [-0.39, 0.29) is 23.8 Å². The van der Waals surface area contributed by atoms with Crippen molar-refractivity contribution < 1.29 is 14.3 Å². The van der Waals surface area contributed by atoms with E-state index < -0.39 is 11.5 Å². The van der Waals surface area contributed by atoms with Crippen LogP contribution in [-0.2, 0) is 20.7 Å². The highest BCUT2D eigenvalue weighted by Crippen LogP contribution is 2.53. The van der Waals surface area contributed by atoms with Gasteiger partial charge in [0.1, 0.15) is 5.60 Å². The lowest BCUT2D eigenvalue weighted by Crippen LogP contribution is -2.45. The summed E-state index contributed by atoms with van der Waals surface area (Å²) < 4.78 is 6.25. The van der Waals surface area contributed by atoms with Crippen molar-refractivity contribution in [1.29, 1.82) is 0 Å². The van der Waals surface area contributed by atoms with Gasteiger partial charge in [-0.25, -0.2) is 0 Å². The number of hydrogen-bond acceptors (Lipinski definition) is 3. The van der Waals surface area contributed by atoms with E-state index in [9.17, 15) is 9.59 Å². The molecule has 2 N–H and O–H groups in total. The molecule has 2 bridgehead atoms. The van der Waals surface area contributed by atoms with Crippen molar-refractivity contribution in [2.24, 2.45) is 11.8 Å². The number of carbonyl (C=O) groups is 2. The van der Waals surface area contributed by atoms with E-state index in [0.29, 0.717) is 19.1 Å². The molecule has 156 valence electrons. The predicted octanol–water partition coefficient (Wildman–Crippen LogP) is 2.55. The molecule has 3 fully saturated rings. The van der Waals surface area contributed by atoms with Gasteiger partial charge in [-0.15, -0.1) is 0 Å². The molecule has 0 radical (unpaired) electrons. The molecule has 2 saturated heterocycles. The van der Waals surface area contributed by atoms with Crippen LogP contribution in [0.15, 0.2) is 42.6 Å². The van der Waals surface area contributed by atoms with Gasteiger partial charge in [0, 0.05) is 29.7 Å². The molecular formula is C24H27N3O3. The molecule has 0 unspecified atom stereocenters. The summed E-state index contributed by atoms with van der Waals surface area (Å²) in [5, 5.41) is 4.28. The highest BCUT2D eigenvalue weighted by Gasteiger charge is 2.67. The molecule has 1 spiro atoms. The van der Waals surface area contributed by atoms with E-state index in [1.54, 1.807) is 0 Å². The molecule has 6 heteroatoms. The SMILES string of the molecule is O=C(NCCc1c[nH]c2ccccc12)[C@H]1[C@@H]2C=C[C@@]3(CN(C4CCCC4)C(=O)[C@H]13)O2. The maximum atomic E-state index is 13.3. The van der Waals surface area contributed by atoms with Gasteiger partial charge in [0.2, 0.25) is 11.8 Å². The zero-order valence-electron chi connectivity index (χ0n) is 17.0. The van der Waals surface area contributed by atoms with Gasteiger partial charge in [-0.2, -0.15) is 0 Å². The number of nitrogens with one attached hydrogen (secondary N) is 2. The monoisotopic (exact) mass is 405 g/mol. The van der Waals surface area contributed by atoms with Gasteiger partial charge < -0.3 is 19.9 Å². The number of aromatic nitrogens is 1. The Labute approximate surface area is 175 Å². The zero-order valence-corrected chi connectivity index (χ0v) is 17.0. The Bertz CT molecular complexity index is 1040. The lowest BCUT2D eigenvalue weighted by Gasteiger charge is -2.27. The van der Waals surface area contributed by atoms with E-state index in [4.69, 9.17) is 4.74 Å². The van der Waals surface area contributed by atoms with Crippen LogP contribution in [0, 0.1) is 11.8 Å². The van der Waals surface area contributed by atoms with E-state index in [2.05, 4.69) is 22.4 Å². The fraction of sp³-hybridized carbons (Fsp3) is 0.500. The Hall–Kier alpha value is -2.60. The van der Waals surface area contributed by atoms with Gasteiger partial charge in [0.25, 0.3) is 0 Å². The molecule has 1 aromatic carbocycles. The van der Waals surface area contributed by atoms with Gasteiger partial charge in [-0.05, 0) is 30.9 Å². The lowest BCUT2D eigenvalue weighted by molar-refractivity contribution is -0.138. The van der Waals surface area contributed by atoms with Gasteiger partial charge in [-0.1, -0.05) is 43.2 Å². The molecule has 6 nitrogen and oxygen atoms in total. The van der Waals surface area contributed by atoms with Crippen molar-refractivity contribution in [2.45, 2.75) is 49.9 Å². The van der Waals surface area contributed by atoms with Crippen LogP contribution in [0.25, 0.3) is 10.9 Å². The van der Waals surface area contributed by atoms with Gasteiger partial charge in [0.15, 0.2) is 0 Å². The second-order valence-electron chi connectivity index (χ2n) is 9.20. The summed E-state index contributed by atoms with van der Waals surface area (Å²) in [5.74, 6) is -0.735. The third-order valence-corrected chi connectivity index (χ3v) is 7.57. The van der Waals surface area contributed by atoms with E-state index in [1.807, 2.05) is 35.4 Å². The first-order chi connectivity index (χ1) is 14.7. The molecule has 1 aromatic heterocycles. The van der Waals surface area contributed by atoms with Crippen LogP contribution in [0.1, 0.15) is 31.2 Å². The molecule has 6 rings (SSSR count). The first kappa shape index (κ1) is 18.2. The van der Waals surface area contributed by atoms with Crippen molar-refractivity contribution in [3.8, 4) is 0 Å². The molecule has 4 aliphatic rings. The Morgan fingerprint density at radius 3 is 2.97 bits per heavy atom. The number of amides is 2. The van der Waals surface area contributed by atoms with Crippen LogP contribution in [-0.4, -0.2) is 52.5 Å². The van der Waals surface area contributed by atoms with Crippen LogP contribution in [0.3, 0.4) is 0 Å². The Balaban J connectivity index is 1.15. The maximum Gasteiger partial charge on any atom is 0.230 e. The molecule has 4 heterocycles. The average Bonchev–Trinajstić information content (AvgIpc) is 3.56. The molecule has 1 saturated carbocycles. The summed E-state index contributed by atoms with van der Waals surface area (Å²) in [7, 11) is 0. The first-order valence-electron chi connectivity index (χ1n) is 11.2. The second kappa shape index (κ2) is 6.71. The van der Waals surface area contributed by atoms with Gasteiger partial charge in [-0.3, -0.25) is 9.59 Å². The maximum absolute atomic E-state index is 13.3. The third-order valence-electron chi connectivity index (χ3n) is 7.57. The van der Waals surface area contributed by atoms with Gasteiger partial charge in [0.05, 0.1) is 24.5 Å². The minimum atomic E-state index is -0.594. The zero-order chi connectivity index (χ0) is 20.3. The van der Waals surface area contributed by atoms with Crippen LogP contribution in [0.4, 0.5) is 0 Å². The van der Waals surface area contributed by atoms with Crippen molar-refractivity contribution in [3.05, 3.63) is 48.2 Å². The highest BCUT2D eigenvalue weighted by molar-refractivity contribution is 5.93. The molecule has 1 aliphatic carbocycles. The number of fused-ring (bicyclic) bond motifs is 2.